The standard InChI is InChI=1S/C29H27N5O2S/c30-28-27-25(18-34(22-11-7-8-12-22)29(27)32-19-31-28)21-15-16-26(24(17-21)20-9-3-1-4-10-20)33-37(35,36)23-13-5-2-6-14-23/h1-6,9-10,13-19,22,33H,7-8,11-12H2,(H2,30,31,32). The van der Waals surface area contributed by atoms with Crippen LogP contribution < -0.4 is 10.5 Å². The van der Waals surface area contributed by atoms with Crippen LogP contribution in [0.1, 0.15) is 31.7 Å². The van der Waals surface area contributed by atoms with Crippen LogP contribution in [0.25, 0.3) is 33.3 Å². The summed E-state index contributed by atoms with van der Waals surface area (Å²) in [6, 6.07) is 24.3. The van der Waals surface area contributed by atoms with Crippen molar-refractivity contribution in [2.24, 2.45) is 0 Å². The third-order valence-corrected chi connectivity index (χ3v) is 8.45. The van der Waals surface area contributed by atoms with Crippen LogP contribution in [-0.2, 0) is 10.0 Å². The summed E-state index contributed by atoms with van der Waals surface area (Å²) < 4.78 is 31.4. The Morgan fingerprint density at radius 1 is 0.838 bits per heavy atom. The van der Waals surface area contributed by atoms with Crippen LogP contribution in [0.4, 0.5) is 11.5 Å². The lowest BCUT2D eigenvalue weighted by molar-refractivity contribution is 0.532. The predicted molar refractivity (Wildman–Crippen MR) is 148 cm³/mol. The van der Waals surface area contributed by atoms with Gasteiger partial charge in [-0.2, -0.15) is 0 Å². The average molecular weight is 510 g/mol. The number of sulfonamides is 1. The van der Waals surface area contributed by atoms with Crippen molar-refractivity contribution in [1.82, 2.24) is 14.5 Å². The summed E-state index contributed by atoms with van der Waals surface area (Å²) in [7, 11) is -3.76. The predicted octanol–water partition coefficient (Wildman–Crippen LogP) is 6.26. The number of nitrogens with zero attached hydrogens (tertiary/aromatic N) is 3. The number of aromatic nitrogens is 3. The van der Waals surface area contributed by atoms with E-state index in [2.05, 4.69) is 25.5 Å². The molecule has 0 amide bonds. The Hall–Kier alpha value is -4.17. The maximum Gasteiger partial charge on any atom is 0.261 e. The Bertz CT molecular complexity index is 1680. The maximum absolute atomic E-state index is 13.2. The average Bonchev–Trinajstić information content (AvgIpc) is 3.59. The van der Waals surface area contributed by atoms with Crippen molar-refractivity contribution in [3.8, 4) is 22.3 Å². The van der Waals surface area contributed by atoms with Gasteiger partial charge in [-0.25, -0.2) is 18.4 Å². The summed E-state index contributed by atoms with van der Waals surface area (Å²) in [5.41, 5.74) is 11.3. The Morgan fingerprint density at radius 2 is 1.54 bits per heavy atom. The van der Waals surface area contributed by atoms with E-state index in [1.54, 1.807) is 30.3 Å². The zero-order chi connectivity index (χ0) is 25.4. The molecule has 0 bridgehead atoms. The first-order valence-electron chi connectivity index (χ1n) is 12.4. The van der Waals surface area contributed by atoms with Crippen molar-refractivity contribution in [3.63, 3.8) is 0 Å². The van der Waals surface area contributed by atoms with E-state index in [9.17, 15) is 8.42 Å². The highest BCUT2D eigenvalue weighted by atomic mass is 32.2. The van der Waals surface area contributed by atoms with Gasteiger partial charge in [-0.1, -0.05) is 67.4 Å². The van der Waals surface area contributed by atoms with Gasteiger partial charge in [-0.05, 0) is 48.2 Å². The van der Waals surface area contributed by atoms with Crippen molar-refractivity contribution < 1.29 is 8.42 Å². The highest BCUT2D eigenvalue weighted by molar-refractivity contribution is 7.92. The summed E-state index contributed by atoms with van der Waals surface area (Å²) in [5.74, 6) is 0.437. The summed E-state index contributed by atoms with van der Waals surface area (Å²) >= 11 is 0. The fourth-order valence-corrected chi connectivity index (χ4v) is 6.35. The van der Waals surface area contributed by atoms with Crippen molar-refractivity contribution in [2.45, 2.75) is 36.6 Å². The molecule has 1 aliphatic rings. The minimum absolute atomic E-state index is 0.211. The smallest absolute Gasteiger partial charge is 0.261 e. The molecule has 8 heteroatoms. The van der Waals surface area contributed by atoms with E-state index in [-0.39, 0.29) is 4.90 Å². The molecule has 3 N–H and O–H groups in total. The van der Waals surface area contributed by atoms with Gasteiger partial charge in [0, 0.05) is 23.4 Å². The number of fused-ring (bicyclic) bond motifs is 1. The van der Waals surface area contributed by atoms with Gasteiger partial charge >= 0.3 is 0 Å². The van der Waals surface area contributed by atoms with Crippen LogP contribution in [-0.4, -0.2) is 23.0 Å². The molecule has 3 aromatic carbocycles. The molecule has 0 spiro atoms. The van der Waals surface area contributed by atoms with Gasteiger partial charge in [0.15, 0.2) is 0 Å². The zero-order valence-electron chi connectivity index (χ0n) is 20.2. The molecule has 1 saturated carbocycles. The molecular weight excluding hydrogens is 482 g/mol. The molecule has 2 heterocycles. The van der Waals surface area contributed by atoms with Gasteiger partial charge in [0.05, 0.1) is 16.0 Å². The molecule has 6 rings (SSSR count). The molecule has 1 fully saturated rings. The Labute approximate surface area is 216 Å². The van der Waals surface area contributed by atoms with E-state index in [0.717, 1.165) is 46.1 Å². The zero-order valence-corrected chi connectivity index (χ0v) is 21.0. The molecule has 5 aromatic rings. The molecule has 7 nitrogen and oxygen atoms in total. The van der Waals surface area contributed by atoms with Gasteiger partial charge in [0.2, 0.25) is 0 Å². The molecule has 2 aromatic heterocycles. The van der Waals surface area contributed by atoms with Crippen molar-refractivity contribution in [2.75, 3.05) is 10.5 Å². The fourth-order valence-electron chi connectivity index (χ4n) is 5.25. The summed E-state index contributed by atoms with van der Waals surface area (Å²) in [6.45, 7) is 0. The van der Waals surface area contributed by atoms with Gasteiger partial charge in [0.1, 0.15) is 17.8 Å². The highest BCUT2D eigenvalue weighted by Crippen LogP contribution is 2.41. The monoisotopic (exact) mass is 509 g/mol. The molecule has 37 heavy (non-hydrogen) atoms. The molecule has 0 saturated heterocycles. The topological polar surface area (TPSA) is 103 Å². The van der Waals surface area contributed by atoms with E-state index in [0.29, 0.717) is 17.5 Å². The lowest BCUT2D eigenvalue weighted by atomic mass is 9.97. The highest BCUT2D eigenvalue weighted by Gasteiger charge is 2.24. The van der Waals surface area contributed by atoms with E-state index >= 15 is 0 Å². The van der Waals surface area contributed by atoms with Crippen molar-refractivity contribution in [1.29, 1.82) is 0 Å². The second-order valence-corrected chi connectivity index (χ2v) is 11.1. The van der Waals surface area contributed by atoms with Crippen LogP contribution in [0.2, 0.25) is 0 Å². The number of nitrogens with two attached hydrogens (primary N) is 1. The second kappa shape index (κ2) is 9.37. The lowest BCUT2D eigenvalue weighted by Gasteiger charge is -2.15. The number of hydrogen-bond acceptors (Lipinski definition) is 5. The summed E-state index contributed by atoms with van der Waals surface area (Å²) in [4.78, 5) is 9.08. The molecule has 0 unspecified atom stereocenters. The van der Waals surface area contributed by atoms with Gasteiger partial charge < -0.3 is 10.3 Å². The van der Waals surface area contributed by atoms with Crippen LogP contribution in [0, 0.1) is 0 Å². The Balaban J connectivity index is 1.51. The molecule has 1 aliphatic carbocycles. The Morgan fingerprint density at radius 3 is 2.27 bits per heavy atom. The minimum atomic E-state index is -3.76. The van der Waals surface area contributed by atoms with E-state index < -0.39 is 10.0 Å². The molecule has 186 valence electrons. The lowest BCUT2D eigenvalue weighted by Crippen LogP contribution is -2.13. The maximum atomic E-state index is 13.2. The van der Waals surface area contributed by atoms with Crippen LogP contribution in [0.15, 0.2) is 96.3 Å². The van der Waals surface area contributed by atoms with E-state index in [4.69, 9.17) is 5.73 Å². The first-order valence-corrected chi connectivity index (χ1v) is 13.9. The third-order valence-electron chi connectivity index (χ3n) is 7.07. The van der Waals surface area contributed by atoms with E-state index in [1.807, 2.05) is 48.5 Å². The molecule has 0 aliphatic heterocycles. The quantitative estimate of drug-likeness (QED) is 0.281. The first-order chi connectivity index (χ1) is 18.0. The van der Waals surface area contributed by atoms with E-state index in [1.165, 1.54) is 19.2 Å². The summed E-state index contributed by atoms with van der Waals surface area (Å²) in [5, 5.41) is 0.825. The number of benzene rings is 3. The number of hydrogen-bond donors (Lipinski definition) is 2. The van der Waals surface area contributed by atoms with Gasteiger partial charge in [0.25, 0.3) is 10.0 Å². The largest absolute Gasteiger partial charge is 0.383 e. The van der Waals surface area contributed by atoms with Crippen LogP contribution in [0.5, 0.6) is 0 Å². The fraction of sp³-hybridized carbons (Fsp3) is 0.172. The molecular formula is C29H27N5O2S. The molecule has 0 radical (unpaired) electrons. The van der Waals surface area contributed by atoms with Gasteiger partial charge in [-0.3, -0.25) is 4.72 Å². The van der Waals surface area contributed by atoms with Crippen molar-refractivity contribution >= 4 is 32.6 Å². The third kappa shape index (κ3) is 4.34. The number of rotatable bonds is 6. The first kappa shape index (κ1) is 23.2. The number of anilines is 2. The SMILES string of the molecule is Nc1ncnc2c1c(-c1ccc(NS(=O)(=O)c3ccccc3)c(-c3ccccc3)c1)cn2C1CCCC1. The minimum Gasteiger partial charge on any atom is -0.383 e. The number of nitrogens with one attached hydrogen (secondary N) is 1. The van der Waals surface area contributed by atoms with Gasteiger partial charge in [-0.15, -0.1) is 0 Å². The van der Waals surface area contributed by atoms with Crippen LogP contribution in [0.3, 0.4) is 0 Å². The second-order valence-electron chi connectivity index (χ2n) is 9.39. The normalized spacial score (nSPS) is 14.3. The molecule has 0 atom stereocenters. The summed E-state index contributed by atoms with van der Waals surface area (Å²) in [6.07, 6.45) is 8.28. The number of nitrogen functional groups attached to an aromatic ring is 1. The Kier molecular flexibility index (Phi) is 5.88. The van der Waals surface area contributed by atoms with Crippen molar-refractivity contribution in [3.05, 3.63) is 91.4 Å². The van der Waals surface area contributed by atoms with Crippen LogP contribution >= 0.6 is 0 Å².